The zero-order valence-electron chi connectivity index (χ0n) is 10.6. The zero-order valence-corrected chi connectivity index (χ0v) is 12.1. The summed E-state index contributed by atoms with van der Waals surface area (Å²) >= 11 is 5.68. The van der Waals surface area contributed by atoms with Gasteiger partial charge in [-0.15, -0.1) is 6.58 Å². The van der Waals surface area contributed by atoms with Gasteiger partial charge in [-0.3, -0.25) is 4.79 Å². The predicted molar refractivity (Wildman–Crippen MR) is 73.9 cm³/mol. The minimum absolute atomic E-state index is 0.127. The number of halogens is 4. The van der Waals surface area contributed by atoms with Crippen LogP contribution in [0.25, 0.3) is 0 Å². The van der Waals surface area contributed by atoms with Crippen molar-refractivity contribution >= 4 is 33.0 Å². The zero-order chi connectivity index (χ0) is 16.3. The molecule has 1 aromatic carbocycles. The van der Waals surface area contributed by atoms with E-state index in [0.717, 1.165) is 18.2 Å². The van der Waals surface area contributed by atoms with E-state index in [2.05, 4.69) is 11.9 Å². The number of benzene rings is 1. The molecular formula is C12H11ClF3NO3S. The van der Waals surface area contributed by atoms with E-state index in [1.165, 1.54) is 0 Å². The fraction of sp³-hybridized carbons (Fsp3) is 0.250. The van der Waals surface area contributed by atoms with Crippen LogP contribution < -0.4 is 5.32 Å². The Kier molecular flexibility index (Phi) is 5.41. The number of carbonyl (C=O) groups excluding carboxylic acids is 1. The Balaban J connectivity index is 2.93. The van der Waals surface area contributed by atoms with Gasteiger partial charge in [0.1, 0.15) is 5.75 Å². The molecule has 0 heterocycles. The number of alkyl halides is 3. The fourth-order valence-electron chi connectivity index (χ4n) is 1.42. The van der Waals surface area contributed by atoms with Crippen LogP contribution in [0.5, 0.6) is 0 Å². The van der Waals surface area contributed by atoms with Crippen molar-refractivity contribution in [2.45, 2.75) is 6.18 Å². The third-order valence-corrected chi connectivity index (χ3v) is 4.07. The van der Waals surface area contributed by atoms with Crippen molar-refractivity contribution in [2.24, 2.45) is 0 Å². The summed E-state index contributed by atoms with van der Waals surface area (Å²) in [6.07, 6.45) is -3.49. The molecule has 0 spiro atoms. The van der Waals surface area contributed by atoms with Crippen LogP contribution in [0.2, 0.25) is 5.02 Å². The van der Waals surface area contributed by atoms with Gasteiger partial charge in [0.15, 0.2) is 9.84 Å². The maximum atomic E-state index is 12.5. The van der Waals surface area contributed by atoms with Crippen LogP contribution in [0.4, 0.5) is 18.9 Å². The van der Waals surface area contributed by atoms with Gasteiger partial charge in [-0.2, -0.15) is 13.2 Å². The van der Waals surface area contributed by atoms with Crippen LogP contribution in [0.1, 0.15) is 5.56 Å². The number of hydrogen-bond acceptors (Lipinski definition) is 3. The summed E-state index contributed by atoms with van der Waals surface area (Å²) in [5.74, 6) is -2.25. The van der Waals surface area contributed by atoms with Crippen molar-refractivity contribution in [3.05, 3.63) is 41.4 Å². The summed E-state index contributed by atoms with van der Waals surface area (Å²) in [5.41, 5.74) is -1.30. The van der Waals surface area contributed by atoms with Gasteiger partial charge in [0.2, 0.25) is 5.91 Å². The SMILES string of the molecule is C=CCS(=O)(=O)CC(=O)Nc1cc(C(F)(F)F)ccc1Cl. The maximum absolute atomic E-state index is 12.5. The molecule has 21 heavy (non-hydrogen) atoms. The van der Waals surface area contributed by atoms with Gasteiger partial charge in [0.05, 0.1) is 22.0 Å². The summed E-state index contributed by atoms with van der Waals surface area (Å²) in [7, 11) is -3.70. The summed E-state index contributed by atoms with van der Waals surface area (Å²) in [4.78, 5) is 11.6. The molecule has 116 valence electrons. The fourth-order valence-corrected chi connectivity index (χ4v) is 2.54. The van der Waals surface area contributed by atoms with Crippen LogP contribution >= 0.6 is 11.6 Å². The number of sulfone groups is 1. The van der Waals surface area contributed by atoms with E-state index in [1.807, 2.05) is 0 Å². The number of hydrogen-bond donors (Lipinski definition) is 1. The third kappa shape index (κ3) is 5.39. The van der Waals surface area contributed by atoms with Crippen LogP contribution in [-0.2, 0) is 20.8 Å². The van der Waals surface area contributed by atoms with Crippen molar-refractivity contribution in [1.82, 2.24) is 0 Å². The lowest BCUT2D eigenvalue weighted by Gasteiger charge is -2.11. The van der Waals surface area contributed by atoms with Gasteiger partial charge in [-0.25, -0.2) is 8.42 Å². The molecule has 0 bridgehead atoms. The molecule has 0 saturated carbocycles. The van der Waals surface area contributed by atoms with Gasteiger partial charge in [0.25, 0.3) is 0 Å². The highest BCUT2D eigenvalue weighted by molar-refractivity contribution is 7.92. The molecule has 0 aromatic heterocycles. The first kappa shape index (κ1) is 17.5. The Bertz CT molecular complexity index is 656. The van der Waals surface area contributed by atoms with E-state index in [4.69, 9.17) is 11.6 Å². The van der Waals surface area contributed by atoms with Gasteiger partial charge in [-0.1, -0.05) is 17.7 Å². The monoisotopic (exact) mass is 341 g/mol. The van der Waals surface area contributed by atoms with Gasteiger partial charge in [-0.05, 0) is 18.2 Å². The number of rotatable bonds is 5. The average molecular weight is 342 g/mol. The second kappa shape index (κ2) is 6.48. The lowest BCUT2D eigenvalue weighted by molar-refractivity contribution is -0.137. The van der Waals surface area contributed by atoms with Crippen molar-refractivity contribution in [3.8, 4) is 0 Å². The molecule has 0 fully saturated rings. The van der Waals surface area contributed by atoms with Crippen LogP contribution in [0.3, 0.4) is 0 Å². The van der Waals surface area contributed by atoms with Crippen LogP contribution in [0.15, 0.2) is 30.9 Å². The van der Waals surface area contributed by atoms with Crippen molar-refractivity contribution < 1.29 is 26.4 Å². The smallest absolute Gasteiger partial charge is 0.324 e. The Labute approximate surface area is 124 Å². The highest BCUT2D eigenvalue weighted by atomic mass is 35.5. The number of anilines is 1. The normalized spacial score (nSPS) is 12.0. The first-order valence-corrected chi connectivity index (χ1v) is 7.73. The van der Waals surface area contributed by atoms with Gasteiger partial charge in [0, 0.05) is 0 Å². The largest absolute Gasteiger partial charge is 0.416 e. The van der Waals surface area contributed by atoms with Gasteiger partial charge >= 0.3 is 6.18 Å². The number of carbonyl (C=O) groups is 1. The molecule has 0 atom stereocenters. The highest BCUT2D eigenvalue weighted by Crippen LogP contribution is 2.33. The van der Waals surface area contributed by atoms with E-state index >= 15 is 0 Å². The molecule has 0 aliphatic rings. The summed E-state index contributed by atoms with van der Waals surface area (Å²) in [6, 6.07) is 2.37. The summed E-state index contributed by atoms with van der Waals surface area (Å²) in [6.45, 7) is 3.23. The van der Waals surface area contributed by atoms with E-state index in [0.29, 0.717) is 6.07 Å². The molecule has 1 rings (SSSR count). The lowest BCUT2D eigenvalue weighted by Crippen LogP contribution is -2.24. The Hall–Kier alpha value is -1.54. The molecular weight excluding hydrogens is 331 g/mol. The first-order valence-electron chi connectivity index (χ1n) is 5.53. The van der Waals surface area contributed by atoms with E-state index in [1.54, 1.807) is 0 Å². The lowest BCUT2D eigenvalue weighted by atomic mass is 10.2. The van der Waals surface area contributed by atoms with Gasteiger partial charge < -0.3 is 5.32 Å². The van der Waals surface area contributed by atoms with Crippen LogP contribution in [-0.4, -0.2) is 25.8 Å². The Morgan fingerprint density at radius 1 is 1.38 bits per heavy atom. The topological polar surface area (TPSA) is 63.2 Å². The summed E-state index contributed by atoms with van der Waals surface area (Å²) in [5, 5.41) is 1.93. The second-order valence-electron chi connectivity index (χ2n) is 4.08. The maximum Gasteiger partial charge on any atom is 0.416 e. The Morgan fingerprint density at radius 3 is 2.52 bits per heavy atom. The van der Waals surface area contributed by atoms with E-state index in [9.17, 15) is 26.4 Å². The van der Waals surface area contributed by atoms with E-state index < -0.39 is 39.0 Å². The molecule has 0 radical (unpaired) electrons. The highest BCUT2D eigenvalue weighted by Gasteiger charge is 2.31. The molecule has 1 aromatic rings. The minimum Gasteiger partial charge on any atom is -0.324 e. The van der Waals surface area contributed by atoms with Crippen molar-refractivity contribution in [2.75, 3.05) is 16.8 Å². The summed E-state index contributed by atoms with van der Waals surface area (Å²) < 4.78 is 60.4. The van der Waals surface area contributed by atoms with E-state index in [-0.39, 0.29) is 10.7 Å². The minimum atomic E-state index is -4.60. The molecule has 0 aliphatic carbocycles. The molecule has 0 aliphatic heterocycles. The molecule has 1 N–H and O–H groups in total. The second-order valence-corrected chi connectivity index (χ2v) is 6.60. The third-order valence-electron chi connectivity index (χ3n) is 2.29. The predicted octanol–water partition coefficient (Wildman–Crippen LogP) is 2.90. The van der Waals surface area contributed by atoms with Crippen LogP contribution in [0, 0.1) is 0 Å². The van der Waals surface area contributed by atoms with Crippen molar-refractivity contribution in [3.63, 3.8) is 0 Å². The quantitative estimate of drug-likeness (QED) is 0.838. The number of amides is 1. The Morgan fingerprint density at radius 2 is 2.00 bits per heavy atom. The molecule has 9 heteroatoms. The molecule has 1 amide bonds. The first-order chi connectivity index (χ1) is 9.55. The molecule has 0 saturated heterocycles. The average Bonchev–Trinajstić information content (AvgIpc) is 2.29. The molecule has 0 unspecified atom stereocenters. The standard InChI is InChI=1S/C12H11ClF3NO3S/c1-2-5-21(19,20)7-11(18)17-10-6-8(12(14,15)16)3-4-9(10)13/h2-4,6H,1,5,7H2,(H,17,18). The van der Waals surface area contributed by atoms with Crippen molar-refractivity contribution in [1.29, 1.82) is 0 Å². The molecule has 4 nitrogen and oxygen atoms in total. The number of nitrogens with one attached hydrogen (secondary N) is 1.